The minimum absolute atomic E-state index is 0.147. The normalized spacial score (nSPS) is 12.4. The summed E-state index contributed by atoms with van der Waals surface area (Å²) in [5, 5.41) is 0. The van der Waals surface area contributed by atoms with Gasteiger partial charge in [-0.3, -0.25) is 0 Å². The number of anilines is 1. The lowest BCUT2D eigenvalue weighted by Crippen LogP contribution is -2.17. The fourth-order valence-electron chi connectivity index (χ4n) is 2.17. The van der Waals surface area contributed by atoms with Gasteiger partial charge in [0.15, 0.2) is 5.82 Å². The van der Waals surface area contributed by atoms with Gasteiger partial charge in [0, 0.05) is 18.2 Å². The molecule has 0 bridgehead atoms. The summed E-state index contributed by atoms with van der Waals surface area (Å²) in [4.78, 5) is 9.11. The van der Waals surface area contributed by atoms with Gasteiger partial charge in [0.2, 0.25) is 0 Å². The Morgan fingerprint density at radius 2 is 1.90 bits per heavy atom. The summed E-state index contributed by atoms with van der Waals surface area (Å²) in [7, 11) is 0. The first-order chi connectivity index (χ1) is 10.2. The summed E-state index contributed by atoms with van der Waals surface area (Å²) in [6.45, 7) is 6.77. The van der Waals surface area contributed by atoms with E-state index in [0.717, 1.165) is 11.3 Å². The van der Waals surface area contributed by atoms with Crippen LogP contribution in [0.15, 0.2) is 36.4 Å². The zero-order valence-electron chi connectivity index (χ0n) is 12.7. The first-order valence-electron chi connectivity index (χ1n) is 7.18. The molecule has 3 N–H and O–H groups in total. The average Bonchev–Trinajstić information content (AvgIpc) is 2.52. The van der Waals surface area contributed by atoms with Crippen molar-refractivity contribution >= 4 is 5.82 Å². The number of nitrogens with zero attached hydrogens (tertiary/aromatic N) is 2. The van der Waals surface area contributed by atoms with E-state index in [1.807, 2.05) is 43.3 Å². The summed E-state index contributed by atoms with van der Waals surface area (Å²) >= 11 is 0. The molecule has 21 heavy (non-hydrogen) atoms. The second-order valence-electron chi connectivity index (χ2n) is 5.13. The van der Waals surface area contributed by atoms with Crippen molar-refractivity contribution < 1.29 is 4.74 Å². The van der Waals surface area contributed by atoms with Crippen molar-refractivity contribution in [3.8, 4) is 11.3 Å². The lowest BCUT2D eigenvalue weighted by molar-refractivity contribution is 0.0234. The van der Waals surface area contributed by atoms with Gasteiger partial charge in [-0.25, -0.2) is 15.8 Å². The number of nitrogen functional groups attached to an aromatic ring is 1. The van der Waals surface area contributed by atoms with Crippen LogP contribution < -0.4 is 11.3 Å². The molecule has 0 spiro atoms. The zero-order valence-corrected chi connectivity index (χ0v) is 12.7. The number of aromatic nitrogens is 2. The molecule has 1 aromatic heterocycles. The van der Waals surface area contributed by atoms with Gasteiger partial charge in [0.25, 0.3) is 0 Å². The number of hydrazine groups is 1. The number of hydrogen-bond acceptors (Lipinski definition) is 5. The van der Waals surface area contributed by atoms with Crippen LogP contribution in [0.1, 0.15) is 32.7 Å². The van der Waals surface area contributed by atoms with E-state index in [4.69, 9.17) is 10.6 Å². The quantitative estimate of drug-likeness (QED) is 0.630. The Balaban J connectivity index is 2.47. The van der Waals surface area contributed by atoms with E-state index < -0.39 is 0 Å². The van der Waals surface area contributed by atoms with Gasteiger partial charge >= 0.3 is 0 Å². The maximum Gasteiger partial charge on any atom is 0.160 e. The fraction of sp³-hybridized carbons (Fsp3) is 0.375. The van der Waals surface area contributed by atoms with Crippen LogP contribution in [0.3, 0.4) is 0 Å². The van der Waals surface area contributed by atoms with Crippen LogP contribution in [-0.2, 0) is 4.74 Å². The Kier molecular flexibility index (Phi) is 5.25. The largest absolute Gasteiger partial charge is 0.370 e. The maximum atomic E-state index is 5.79. The van der Waals surface area contributed by atoms with Crippen LogP contribution in [0.25, 0.3) is 11.3 Å². The van der Waals surface area contributed by atoms with Crippen molar-refractivity contribution in [1.82, 2.24) is 9.97 Å². The highest BCUT2D eigenvalue weighted by molar-refractivity contribution is 5.62. The van der Waals surface area contributed by atoms with Crippen molar-refractivity contribution in [2.45, 2.75) is 26.9 Å². The van der Waals surface area contributed by atoms with Crippen LogP contribution in [-0.4, -0.2) is 16.6 Å². The van der Waals surface area contributed by atoms with E-state index in [1.54, 1.807) is 0 Å². The highest BCUT2D eigenvalue weighted by Gasteiger charge is 2.20. The molecule has 112 valence electrons. The van der Waals surface area contributed by atoms with Gasteiger partial charge in [-0.05, 0) is 12.8 Å². The molecule has 0 amide bonds. The highest BCUT2D eigenvalue weighted by atomic mass is 16.5. The van der Waals surface area contributed by atoms with E-state index in [9.17, 15) is 0 Å². The minimum atomic E-state index is -0.147. The third kappa shape index (κ3) is 3.77. The smallest absolute Gasteiger partial charge is 0.160 e. The molecule has 0 aliphatic rings. The van der Waals surface area contributed by atoms with Crippen molar-refractivity contribution in [3.63, 3.8) is 0 Å². The Morgan fingerprint density at radius 1 is 1.19 bits per heavy atom. The van der Waals surface area contributed by atoms with E-state index >= 15 is 0 Å². The van der Waals surface area contributed by atoms with Gasteiger partial charge in [0.1, 0.15) is 11.9 Å². The van der Waals surface area contributed by atoms with E-state index in [1.165, 1.54) is 0 Å². The molecule has 1 atom stereocenters. The van der Waals surface area contributed by atoms with Crippen molar-refractivity contribution in [2.75, 3.05) is 12.0 Å². The van der Waals surface area contributed by atoms with E-state index in [0.29, 0.717) is 18.2 Å². The monoisotopic (exact) mass is 286 g/mol. The van der Waals surface area contributed by atoms with Gasteiger partial charge < -0.3 is 10.2 Å². The zero-order chi connectivity index (χ0) is 15.2. The number of benzene rings is 1. The Bertz CT molecular complexity index is 572. The van der Waals surface area contributed by atoms with Crippen molar-refractivity contribution in [3.05, 3.63) is 42.2 Å². The molecular weight excluding hydrogens is 264 g/mol. The van der Waals surface area contributed by atoms with E-state index in [2.05, 4.69) is 29.2 Å². The van der Waals surface area contributed by atoms with Crippen LogP contribution in [0.4, 0.5) is 5.82 Å². The minimum Gasteiger partial charge on any atom is -0.370 e. The summed E-state index contributed by atoms with van der Waals surface area (Å²) in [5.41, 5.74) is 4.46. The van der Waals surface area contributed by atoms with Gasteiger partial charge in [0.05, 0.1) is 5.69 Å². The third-order valence-electron chi connectivity index (χ3n) is 3.17. The molecule has 5 heteroatoms. The summed E-state index contributed by atoms with van der Waals surface area (Å²) in [6, 6.07) is 11.8. The second kappa shape index (κ2) is 7.15. The molecule has 2 aromatic rings. The van der Waals surface area contributed by atoms with Crippen LogP contribution in [0.2, 0.25) is 0 Å². The predicted molar refractivity (Wildman–Crippen MR) is 84.5 cm³/mol. The van der Waals surface area contributed by atoms with Crippen molar-refractivity contribution in [1.29, 1.82) is 0 Å². The fourth-order valence-corrected chi connectivity index (χ4v) is 2.17. The van der Waals surface area contributed by atoms with Crippen LogP contribution >= 0.6 is 0 Å². The highest BCUT2D eigenvalue weighted by Crippen LogP contribution is 2.27. The molecular formula is C16H22N4O. The standard InChI is InChI=1S/C16H22N4O/c1-4-21-15(11(2)3)16-18-13(10-14(19-16)20-17)12-8-6-5-7-9-12/h5-11,15H,4,17H2,1-3H3,(H,18,19,20). The first-order valence-corrected chi connectivity index (χ1v) is 7.18. The number of ether oxygens (including phenoxy) is 1. The predicted octanol–water partition coefficient (Wildman–Crippen LogP) is 3.16. The molecule has 1 heterocycles. The Labute approximate surface area is 125 Å². The molecule has 1 unspecified atom stereocenters. The number of rotatable bonds is 6. The Hall–Kier alpha value is -1.98. The third-order valence-corrected chi connectivity index (χ3v) is 3.17. The van der Waals surface area contributed by atoms with E-state index in [-0.39, 0.29) is 12.0 Å². The number of hydrogen-bond donors (Lipinski definition) is 2. The van der Waals surface area contributed by atoms with Gasteiger partial charge in [-0.15, -0.1) is 0 Å². The summed E-state index contributed by atoms with van der Waals surface area (Å²) in [5.74, 6) is 7.06. The molecule has 2 rings (SSSR count). The summed E-state index contributed by atoms with van der Waals surface area (Å²) in [6.07, 6.45) is -0.147. The summed E-state index contributed by atoms with van der Waals surface area (Å²) < 4.78 is 5.79. The SMILES string of the molecule is CCOC(c1nc(NN)cc(-c2ccccc2)n1)C(C)C. The average molecular weight is 286 g/mol. The number of nitrogens with one attached hydrogen (secondary N) is 1. The Morgan fingerprint density at radius 3 is 2.48 bits per heavy atom. The molecule has 1 aromatic carbocycles. The van der Waals surface area contributed by atoms with Crippen molar-refractivity contribution in [2.24, 2.45) is 11.8 Å². The molecule has 5 nitrogen and oxygen atoms in total. The van der Waals surface area contributed by atoms with Crippen LogP contribution in [0, 0.1) is 5.92 Å². The molecule has 0 saturated heterocycles. The molecule has 0 aliphatic carbocycles. The molecule has 0 aliphatic heterocycles. The lowest BCUT2D eigenvalue weighted by Gasteiger charge is -2.20. The van der Waals surface area contributed by atoms with Crippen LogP contribution in [0.5, 0.6) is 0 Å². The number of nitrogens with two attached hydrogens (primary N) is 1. The van der Waals surface area contributed by atoms with Gasteiger partial charge in [-0.2, -0.15) is 0 Å². The molecule has 0 fully saturated rings. The lowest BCUT2D eigenvalue weighted by atomic mass is 10.1. The second-order valence-corrected chi connectivity index (χ2v) is 5.13. The topological polar surface area (TPSA) is 73.1 Å². The maximum absolute atomic E-state index is 5.79. The first kappa shape index (κ1) is 15.4. The molecule has 0 saturated carbocycles. The molecule has 0 radical (unpaired) electrons. The van der Waals surface area contributed by atoms with Gasteiger partial charge in [-0.1, -0.05) is 44.2 Å².